The van der Waals surface area contributed by atoms with E-state index in [1.165, 1.54) is 6.21 Å². The van der Waals surface area contributed by atoms with E-state index in [4.69, 9.17) is 0 Å². The molecule has 1 rings (SSSR count). The van der Waals surface area contributed by atoms with Crippen LogP contribution in [0.25, 0.3) is 0 Å². The SMILES string of the molecule is CC(C)(C)S(=O)/N=C/C1CC(F)(F)C1. The second-order valence-corrected chi connectivity index (χ2v) is 6.57. The summed E-state index contributed by atoms with van der Waals surface area (Å²) in [5.41, 5.74) is 0. The van der Waals surface area contributed by atoms with Crippen molar-refractivity contribution in [1.82, 2.24) is 0 Å². The third-order valence-electron chi connectivity index (χ3n) is 2.01. The molecule has 1 unspecified atom stereocenters. The van der Waals surface area contributed by atoms with Gasteiger partial charge in [0.25, 0.3) is 0 Å². The first-order valence-electron chi connectivity index (χ1n) is 4.55. The highest BCUT2D eigenvalue weighted by Crippen LogP contribution is 2.41. The van der Waals surface area contributed by atoms with Crippen molar-refractivity contribution in [3.63, 3.8) is 0 Å². The number of hydrogen-bond acceptors (Lipinski definition) is 1. The van der Waals surface area contributed by atoms with Crippen LogP contribution in [0.15, 0.2) is 4.40 Å². The highest BCUT2D eigenvalue weighted by atomic mass is 32.2. The van der Waals surface area contributed by atoms with E-state index in [1.807, 2.05) is 0 Å². The molecule has 0 aromatic carbocycles. The zero-order chi connectivity index (χ0) is 11.0. The molecule has 0 aromatic heterocycles. The molecule has 1 atom stereocenters. The van der Waals surface area contributed by atoms with E-state index < -0.39 is 21.7 Å². The van der Waals surface area contributed by atoms with E-state index in [0.29, 0.717) is 0 Å². The maximum Gasteiger partial charge on any atom is 0.249 e. The van der Waals surface area contributed by atoms with Gasteiger partial charge in [-0.2, -0.15) is 4.40 Å². The van der Waals surface area contributed by atoms with Gasteiger partial charge in [0.2, 0.25) is 5.92 Å². The lowest BCUT2D eigenvalue weighted by atomic mass is 9.82. The quantitative estimate of drug-likeness (QED) is 0.661. The van der Waals surface area contributed by atoms with Gasteiger partial charge in [0.15, 0.2) is 0 Å². The Morgan fingerprint density at radius 3 is 2.29 bits per heavy atom. The fraction of sp³-hybridized carbons (Fsp3) is 0.889. The third kappa shape index (κ3) is 3.12. The number of alkyl halides is 2. The lowest BCUT2D eigenvalue weighted by Crippen LogP contribution is -2.36. The van der Waals surface area contributed by atoms with Crippen molar-refractivity contribution in [3.8, 4) is 0 Å². The summed E-state index contributed by atoms with van der Waals surface area (Å²) in [5, 5.41) is 0. The van der Waals surface area contributed by atoms with Crippen molar-refractivity contribution < 1.29 is 13.0 Å². The molecule has 0 aliphatic heterocycles. The summed E-state index contributed by atoms with van der Waals surface area (Å²) < 4.78 is 39.6. The second-order valence-electron chi connectivity index (χ2n) is 4.64. The molecule has 0 bridgehead atoms. The maximum absolute atomic E-state index is 12.4. The van der Waals surface area contributed by atoms with Crippen LogP contribution < -0.4 is 0 Å². The average Bonchev–Trinajstić information content (AvgIpc) is 1.93. The van der Waals surface area contributed by atoms with Crippen LogP contribution >= 0.6 is 0 Å². The first-order chi connectivity index (χ1) is 6.21. The minimum atomic E-state index is -2.53. The van der Waals surface area contributed by atoms with Gasteiger partial charge in [-0.15, -0.1) is 0 Å². The number of nitrogens with zero attached hydrogens (tertiary/aromatic N) is 1. The van der Waals surface area contributed by atoms with Crippen molar-refractivity contribution >= 4 is 17.2 Å². The Labute approximate surface area is 85.4 Å². The molecule has 0 aromatic rings. The molecule has 2 nitrogen and oxygen atoms in total. The Kier molecular flexibility index (Phi) is 3.09. The van der Waals surface area contributed by atoms with Crippen LogP contribution in [0.5, 0.6) is 0 Å². The van der Waals surface area contributed by atoms with Crippen LogP contribution in [-0.2, 0) is 11.0 Å². The van der Waals surface area contributed by atoms with E-state index in [1.54, 1.807) is 20.8 Å². The van der Waals surface area contributed by atoms with Crippen LogP contribution in [0.1, 0.15) is 33.6 Å². The first kappa shape index (κ1) is 11.8. The average molecular weight is 223 g/mol. The highest BCUT2D eigenvalue weighted by Gasteiger charge is 2.44. The standard InChI is InChI=1S/C9H15F2NOS/c1-8(2,3)14(13)12-6-7-4-9(10,11)5-7/h6-7H,4-5H2,1-3H3/b12-6+. The minimum Gasteiger partial charge on any atom is -0.234 e. The number of halogens is 2. The fourth-order valence-electron chi connectivity index (χ4n) is 1.11. The van der Waals surface area contributed by atoms with Gasteiger partial charge < -0.3 is 0 Å². The summed E-state index contributed by atoms with van der Waals surface area (Å²) in [6.45, 7) is 5.40. The van der Waals surface area contributed by atoms with Gasteiger partial charge in [-0.3, -0.25) is 0 Å². The predicted octanol–water partition coefficient (Wildman–Crippen LogP) is 2.56. The van der Waals surface area contributed by atoms with Crippen molar-refractivity contribution in [2.24, 2.45) is 10.3 Å². The van der Waals surface area contributed by atoms with Crippen molar-refractivity contribution in [2.75, 3.05) is 0 Å². The lowest BCUT2D eigenvalue weighted by Gasteiger charge is -2.32. The number of hydrogen-bond donors (Lipinski definition) is 0. The molecule has 82 valence electrons. The van der Waals surface area contributed by atoms with Crippen LogP contribution in [0, 0.1) is 5.92 Å². The van der Waals surface area contributed by atoms with Gasteiger partial charge in [-0.05, 0) is 20.8 Å². The summed E-state index contributed by atoms with van der Waals surface area (Å²) in [5.74, 6) is -2.73. The Bertz CT molecular complexity index is 262. The molecule has 0 spiro atoms. The molecule has 0 N–H and O–H groups in total. The maximum atomic E-state index is 12.4. The van der Waals surface area contributed by atoms with Crippen molar-refractivity contribution in [2.45, 2.75) is 44.3 Å². The topological polar surface area (TPSA) is 29.4 Å². The molecule has 1 saturated carbocycles. The number of rotatable bonds is 2. The molecule has 0 amide bonds. The largest absolute Gasteiger partial charge is 0.249 e. The summed E-state index contributed by atoms with van der Waals surface area (Å²) >= 11 is 0. The normalized spacial score (nSPS) is 24.9. The fourth-order valence-corrected chi connectivity index (χ4v) is 1.71. The van der Waals surface area contributed by atoms with Crippen LogP contribution in [0.4, 0.5) is 8.78 Å². The minimum absolute atomic E-state index is 0.155. The summed E-state index contributed by atoms with van der Waals surface area (Å²) in [7, 11) is -1.33. The van der Waals surface area contributed by atoms with Gasteiger partial charge in [0, 0.05) is 25.0 Å². The van der Waals surface area contributed by atoms with Gasteiger partial charge in [-0.1, -0.05) is 0 Å². The zero-order valence-electron chi connectivity index (χ0n) is 8.59. The predicted molar refractivity (Wildman–Crippen MR) is 54.1 cm³/mol. The smallest absolute Gasteiger partial charge is 0.234 e. The third-order valence-corrected chi connectivity index (χ3v) is 3.37. The van der Waals surface area contributed by atoms with E-state index in [-0.39, 0.29) is 18.8 Å². The van der Waals surface area contributed by atoms with Gasteiger partial charge in [-0.25, -0.2) is 13.0 Å². The monoisotopic (exact) mass is 223 g/mol. The van der Waals surface area contributed by atoms with Gasteiger partial charge in [0.05, 0.1) is 4.75 Å². The van der Waals surface area contributed by atoms with Crippen molar-refractivity contribution in [3.05, 3.63) is 0 Å². The van der Waals surface area contributed by atoms with E-state index in [2.05, 4.69) is 4.40 Å². The lowest BCUT2D eigenvalue weighted by molar-refractivity contribution is -0.0896. The van der Waals surface area contributed by atoms with E-state index >= 15 is 0 Å². The van der Waals surface area contributed by atoms with Crippen LogP contribution in [-0.4, -0.2) is 21.1 Å². The van der Waals surface area contributed by atoms with Gasteiger partial charge in [0.1, 0.15) is 11.0 Å². The van der Waals surface area contributed by atoms with Crippen LogP contribution in [0.3, 0.4) is 0 Å². The first-order valence-corrected chi connectivity index (χ1v) is 5.65. The molecule has 0 saturated heterocycles. The molecular weight excluding hydrogens is 208 g/mol. The van der Waals surface area contributed by atoms with Crippen LogP contribution in [0.2, 0.25) is 0 Å². The molecule has 14 heavy (non-hydrogen) atoms. The molecule has 1 aliphatic rings. The molecule has 1 aliphatic carbocycles. The van der Waals surface area contributed by atoms with Gasteiger partial charge >= 0.3 is 0 Å². The Morgan fingerprint density at radius 1 is 1.43 bits per heavy atom. The Hall–Kier alpha value is -0.320. The summed E-state index contributed by atoms with van der Waals surface area (Å²) in [6.07, 6.45) is 1.11. The zero-order valence-corrected chi connectivity index (χ0v) is 9.41. The Balaban J connectivity index is 2.40. The van der Waals surface area contributed by atoms with Crippen molar-refractivity contribution in [1.29, 1.82) is 0 Å². The van der Waals surface area contributed by atoms with E-state index in [9.17, 15) is 13.0 Å². The molecule has 0 heterocycles. The highest BCUT2D eigenvalue weighted by molar-refractivity contribution is 7.85. The molecule has 1 fully saturated rings. The molecule has 5 heteroatoms. The second kappa shape index (κ2) is 3.68. The molecular formula is C9H15F2NOS. The molecule has 0 radical (unpaired) electrons. The summed E-state index contributed by atoms with van der Waals surface area (Å²) in [6, 6.07) is 0. The van der Waals surface area contributed by atoms with E-state index in [0.717, 1.165) is 0 Å². The summed E-state index contributed by atoms with van der Waals surface area (Å²) in [4.78, 5) is 0. The Morgan fingerprint density at radius 2 is 1.93 bits per heavy atom.